The van der Waals surface area contributed by atoms with E-state index in [1.807, 2.05) is 6.92 Å². The fourth-order valence-electron chi connectivity index (χ4n) is 1.72. The van der Waals surface area contributed by atoms with E-state index in [2.05, 4.69) is 6.92 Å². The van der Waals surface area contributed by atoms with Crippen molar-refractivity contribution in [1.29, 1.82) is 0 Å². The molecule has 4 nitrogen and oxygen atoms in total. The summed E-state index contributed by atoms with van der Waals surface area (Å²) in [5.74, 6) is -1.71. The first-order chi connectivity index (χ1) is 8.61. The molecule has 1 atom stereocenters. The van der Waals surface area contributed by atoms with Crippen LogP contribution in [-0.2, 0) is 14.3 Å². The molecule has 0 saturated heterocycles. The van der Waals surface area contributed by atoms with Crippen molar-refractivity contribution in [3.8, 4) is 0 Å². The van der Waals surface area contributed by atoms with E-state index in [1.165, 1.54) is 0 Å². The number of carbonyl (C=O) groups is 2. The Morgan fingerprint density at radius 3 is 2.11 bits per heavy atom. The van der Waals surface area contributed by atoms with E-state index in [0.29, 0.717) is 12.8 Å². The fourth-order valence-corrected chi connectivity index (χ4v) is 1.72. The van der Waals surface area contributed by atoms with Crippen molar-refractivity contribution in [3.63, 3.8) is 0 Å². The number of hydrogen-bond donors (Lipinski definition) is 0. The number of rotatable bonds is 11. The van der Waals surface area contributed by atoms with Crippen molar-refractivity contribution in [2.75, 3.05) is 0 Å². The van der Waals surface area contributed by atoms with E-state index in [0.717, 1.165) is 44.9 Å². The first-order valence-electron chi connectivity index (χ1n) is 7.02. The smallest absolute Gasteiger partial charge is 0.546 e. The van der Waals surface area contributed by atoms with Gasteiger partial charge < -0.3 is 14.6 Å². The molecule has 0 aromatic heterocycles. The largest absolute Gasteiger partial charge is 1.00 e. The normalized spacial score (nSPS) is 11.5. The molecule has 0 aromatic carbocycles. The number of carboxylic acids is 1. The van der Waals surface area contributed by atoms with Gasteiger partial charge in [0.15, 0.2) is 0 Å². The summed E-state index contributed by atoms with van der Waals surface area (Å²) in [6.07, 6.45) is 6.21. The van der Waals surface area contributed by atoms with E-state index < -0.39 is 18.0 Å². The molecule has 0 heterocycles. The molecular formula is C14H25NaO4. The van der Waals surface area contributed by atoms with Crippen LogP contribution in [0.1, 0.15) is 71.6 Å². The first kappa shape index (κ1) is 21.2. The van der Waals surface area contributed by atoms with Crippen LogP contribution in [0.2, 0.25) is 0 Å². The minimum atomic E-state index is -1.28. The van der Waals surface area contributed by atoms with Crippen LogP contribution < -0.4 is 34.7 Å². The monoisotopic (exact) mass is 280 g/mol. The van der Waals surface area contributed by atoms with Gasteiger partial charge in [0, 0.05) is 6.42 Å². The van der Waals surface area contributed by atoms with Crippen molar-refractivity contribution < 1.29 is 49.0 Å². The fraction of sp³-hybridized carbons (Fsp3) is 0.857. The molecule has 0 aliphatic carbocycles. The Labute approximate surface area is 138 Å². The maximum Gasteiger partial charge on any atom is 1.00 e. The molecule has 0 aromatic rings. The molecule has 0 aliphatic rings. The Balaban J connectivity index is 0. The van der Waals surface area contributed by atoms with Gasteiger partial charge in [0.2, 0.25) is 0 Å². The molecule has 0 radical (unpaired) electrons. The zero-order valence-corrected chi connectivity index (χ0v) is 14.6. The number of carbonyl (C=O) groups excluding carboxylic acids is 2. The van der Waals surface area contributed by atoms with Gasteiger partial charge in [-0.25, -0.2) is 0 Å². The van der Waals surface area contributed by atoms with Crippen LogP contribution in [0.5, 0.6) is 0 Å². The molecule has 0 aliphatic heterocycles. The Bertz CT molecular complexity index is 244. The first-order valence-corrected chi connectivity index (χ1v) is 7.02. The second-order valence-electron chi connectivity index (χ2n) is 4.60. The Hall–Kier alpha value is -0.0600. The predicted molar refractivity (Wildman–Crippen MR) is 67.8 cm³/mol. The Kier molecular flexibility index (Phi) is 16.0. The quantitative estimate of drug-likeness (QED) is 0.282. The van der Waals surface area contributed by atoms with Crippen LogP contribution in [0.4, 0.5) is 0 Å². The average Bonchev–Trinajstić information content (AvgIpc) is 2.33. The summed E-state index contributed by atoms with van der Waals surface area (Å²) < 4.78 is 4.94. The summed E-state index contributed by atoms with van der Waals surface area (Å²) in [7, 11) is 0. The van der Waals surface area contributed by atoms with Gasteiger partial charge in [-0.1, -0.05) is 46.0 Å². The number of aliphatic carboxylic acids is 1. The topological polar surface area (TPSA) is 66.4 Å². The summed E-state index contributed by atoms with van der Waals surface area (Å²) in [6.45, 7) is 4.13. The van der Waals surface area contributed by atoms with E-state index in [4.69, 9.17) is 4.74 Å². The molecule has 0 spiro atoms. The Morgan fingerprint density at radius 1 is 1.00 bits per heavy atom. The molecule has 0 bridgehead atoms. The van der Waals surface area contributed by atoms with Gasteiger partial charge in [-0.2, -0.15) is 0 Å². The van der Waals surface area contributed by atoms with E-state index in [1.54, 1.807) is 0 Å². The van der Waals surface area contributed by atoms with Crippen molar-refractivity contribution >= 4 is 11.9 Å². The maximum absolute atomic E-state index is 11.4. The third kappa shape index (κ3) is 12.7. The summed E-state index contributed by atoms with van der Waals surface area (Å²) in [6, 6.07) is 0. The van der Waals surface area contributed by atoms with Crippen LogP contribution in [0.15, 0.2) is 0 Å². The molecule has 0 fully saturated rings. The summed E-state index contributed by atoms with van der Waals surface area (Å²) in [4.78, 5) is 22.2. The average molecular weight is 280 g/mol. The molecule has 0 N–H and O–H groups in total. The van der Waals surface area contributed by atoms with Gasteiger partial charge in [-0.3, -0.25) is 4.79 Å². The number of esters is 1. The van der Waals surface area contributed by atoms with Gasteiger partial charge in [0.05, 0.1) is 5.97 Å². The van der Waals surface area contributed by atoms with Crippen LogP contribution in [0.25, 0.3) is 0 Å². The zero-order chi connectivity index (χ0) is 13.8. The summed E-state index contributed by atoms with van der Waals surface area (Å²) >= 11 is 0. The van der Waals surface area contributed by atoms with E-state index >= 15 is 0 Å². The summed E-state index contributed by atoms with van der Waals surface area (Å²) in [5, 5.41) is 10.8. The predicted octanol–water partition coefficient (Wildman–Crippen LogP) is -0.797. The third-order valence-electron chi connectivity index (χ3n) is 2.84. The van der Waals surface area contributed by atoms with Gasteiger partial charge >= 0.3 is 35.5 Å². The van der Waals surface area contributed by atoms with Gasteiger partial charge in [-0.05, 0) is 19.3 Å². The van der Waals surface area contributed by atoms with Crippen LogP contribution in [0.3, 0.4) is 0 Å². The van der Waals surface area contributed by atoms with Gasteiger partial charge in [0.25, 0.3) is 0 Å². The number of hydrogen-bond acceptors (Lipinski definition) is 4. The molecule has 106 valence electrons. The molecule has 5 heteroatoms. The number of ether oxygens (including phenoxy) is 1. The van der Waals surface area contributed by atoms with Gasteiger partial charge in [-0.15, -0.1) is 0 Å². The molecule has 0 saturated carbocycles. The second-order valence-corrected chi connectivity index (χ2v) is 4.60. The zero-order valence-electron chi connectivity index (χ0n) is 12.6. The van der Waals surface area contributed by atoms with Crippen LogP contribution >= 0.6 is 0 Å². The van der Waals surface area contributed by atoms with Crippen LogP contribution in [-0.4, -0.2) is 18.0 Å². The molecule has 1 unspecified atom stereocenters. The van der Waals surface area contributed by atoms with Crippen molar-refractivity contribution in [2.24, 2.45) is 0 Å². The number of carboxylic acid groups (broad SMARTS) is 1. The van der Waals surface area contributed by atoms with E-state index in [-0.39, 0.29) is 29.6 Å². The minimum Gasteiger partial charge on any atom is -0.546 e. The number of unbranched alkanes of at least 4 members (excludes halogenated alkanes) is 5. The maximum atomic E-state index is 11.4. The van der Waals surface area contributed by atoms with Crippen LogP contribution in [0, 0.1) is 0 Å². The van der Waals surface area contributed by atoms with Crippen molar-refractivity contribution in [1.82, 2.24) is 0 Å². The molecule has 0 amide bonds. The molecule has 0 rings (SSSR count). The molecular weight excluding hydrogens is 255 g/mol. The van der Waals surface area contributed by atoms with Crippen molar-refractivity contribution in [3.05, 3.63) is 0 Å². The Morgan fingerprint density at radius 2 is 1.58 bits per heavy atom. The summed E-state index contributed by atoms with van der Waals surface area (Å²) in [5.41, 5.74) is 0. The SMILES string of the molecule is CCCCCCC(OC(=O)CCCCC)C(=O)[O-].[Na+]. The van der Waals surface area contributed by atoms with E-state index in [9.17, 15) is 14.7 Å². The molecule has 19 heavy (non-hydrogen) atoms. The minimum absolute atomic E-state index is 0. The second kappa shape index (κ2) is 14.4. The standard InChI is InChI=1S/C14H26O4.Na/c1-3-5-7-9-10-12(14(16)17)18-13(15)11-8-6-4-2;/h12H,3-11H2,1-2H3,(H,16,17);/q;+1/p-1. The van der Waals surface area contributed by atoms with Gasteiger partial charge in [0.1, 0.15) is 6.10 Å². The third-order valence-corrected chi connectivity index (χ3v) is 2.84. The van der Waals surface area contributed by atoms with Crippen molar-refractivity contribution in [2.45, 2.75) is 77.7 Å².